The summed E-state index contributed by atoms with van der Waals surface area (Å²) in [4.78, 5) is 7.94. The van der Waals surface area contributed by atoms with E-state index in [1.807, 2.05) is 0 Å². The van der Waals surface area contributed by atoms with Gasteiger partial charge in [-0.15, -0.1) is 0 Å². The van der Waals surface area contributed by atoms with Crippen LogP contribution >= 0.6 is 11.6 Å². The first-order chi connectivity index (χ1) is 7.81. The minimum Gasteiger partial charge on any atom is -0.378 e. The third-order valence-electron chi connectivity index (χ3n) is 2.95. The smallest absolute Gasteiger partial charge is 0.148 e. The number of hydrogen-bond acceptors (Lipinski definition) is 4. The summed E-state index contributed by atoms with van der Waals surface area (Å²) in [6.45, 7) is 3.87. The van der Waals surface area contributed by atoms with Gasteiger partial charge in [0.25, 0.3) is 0 Å². The average molecular weight is 242 g/mol. The molecule has 0 saturated carbocycles. The van der Waals surface area contributed by atoms with E-state index in [0.717, 1.165) is 26.0 Å². The van der Waals surface area contributed by atoms with Gasteiger partial charge in [0.05, 0.1) is 12.3 Å². The average Bonchev–Trinajstić information content (AvgIpc) is 2.75. The van der Waals surface area contributed by atoms with Gasteiger partial charge in [0.2, 0.25) is 0 Å². The molecule has 1 N–H and O–H groups in total. The Morgan fingerprint density at radius 2 is 2.50 bits per heavy atom. The third-order valence-corrected chi connectivity index (χ3v) is 3.22. The van der Waals surface area contributed by atoms with E-state index in [9.17, 15) is 0 Å². The van der Waals surface area contributed by atoms with E-state index in [0.29, 0.717) is 22.9 Å². The molecular formula is C11H16ClN3O. The maximum absolute atomic E-state index is 5.96. The van der Waals surface area contributed by atoms with E-state index in [4.69, 9.17) is 16.3 Å². The maximum Gasteiger partial charge on any atom is 0.148 e. The molecule has 1 fully saturated rings. The van der Waals surface area contributed by atoms with Gasteiger partial charge in [-0.05, 0) is 12.8 Å². The van der Waals surface area contributed by atoms with E-state index in [2.05, 4.69) is 22.2 Å². The van der Waals surface area contributed by atoms with E-state index >= 15 is 0 Å². The van der Waals surface area contributed by atoms with Crippen molar-refractivity contribution in [2.24, 2.45) is 5.92 Å². The molecule has 5 heteroatoms. The highest BCUT2D eigenvalue weighted by Crippen LogP contribution is 2.24. The van der Waals surface area contributed by atoms with Gasteiger partial charge < -0.3 is 10.1 Å². The fraction of sp³-hybridized carbons (Fsp3) is 0.636. The summed E-state index contributed by atoms with van der Waals surface area (Å²) in [6, 6.07) is 0. The van der Waals surface area contributed by atoms with Crippen molar-refractivity contribution in [2.45, 2.75) is 25.9 Å². The van der Waals surface area contributed by atoms with Crippen molar-refractivity contribution in [3.63, 3.8) is 0 Å². The minimum absolute atomic E-state index is 0.369. The van der Waals surface area contributed by atoms with Crippen molar-refractivity contribution in [3.8, 4) is 0 Å². The fourth-order valence-electron chi connectivity index (χ4n) is 2.05. The second-order valence-corrected chi connectivity index (χ2v) is 4.37. The zero-order valence-corrected chi connectivity index (χ0v) is 10.1. The van der Waals surface area contributed by atoms with Crippen LogP contribution in [0.25, 0.3) is 0 Å². The number of aromatic nitrogens is 2. The molecule has 0 radical (unpaired) electrons. The topological polar surface area (TPSA) is 47.0 Å². The molecule has 1 aliphatic rings. The van der Waals surface area contributed by atoms with E-state index in [1.54, 1.807) is 6.20 Å². The minimum atomic E-state index is 0.369. The van der Waals surface area contributed by atoms with Crippen LogP contribution in [0.3, 0.4) is 0 Å². The first-order valence-electron chi connectivity index (χ1n) is 5.62. The number of hydrogen-bond donors (Lipinski definition) is 1. The molecule has 88 valence electrons. The molecule has 4 nitrogen and oxygen atoms in total. The Kier molecular flexibility index (Phi) is 3.96. The Labute approximate surface area is 100 Å². The molecule has 1 aliphatic heterocycles. The largest absolute Gasteiger partial charge is 0.378 e. The summed E-state index contributed by atoms with van der Waals surface area (Å²) in [5.41, 5.74) is 0. The molecule has 0 aliphatic carbocycles. The number of nitrogens with one attached hydrogen (secondary N) is 1. The van der Waals surface area contributed by atoms with Crippen LogP contribution in [0.4, 0.5) is 5.82 Å². The molecule has 2 atom stereocenters. The molecule has 1 saturated heterocycles. The third kappa shape index (κ3) is 2.62. The fourth-order valence-corrected chi connectivity index (χ4v) is 2.22. The van der Waals surface area contributed by atoms with Crippen molar-refractivity contribution >= 4 is 17.4 Å². The van der Waals surface area contributed by atoms with Crippen molar-refractivity contribution in [3.05, 3.63) is 17.5 Å². The summed E-state index contributed by atoms with van der Waals surface area (Å²) < 4.78 is 5.63. The van der Waals surface area contributed by atoms with Gasteiger partial charge in [-0.1, -0.05) is 18.5 Å². The maximum atomic E-state index is 5.96. The first kappa shape index (κ1) is 11.6. The number of anilines is 1. The summed E-state index contributed by atoms with van der Waals surface area (Å²) in [5, 5.41) is 3.82. The Bertz CT molecular complexity index is 348. The molecular weight excluding hydrogens is 226 g/mol. The molecule has 0 bridgehead atoms. The predicted octanol–water partition coefficient (Wildman–Crippen LogP) is 2.36. The van der Waals surface area contributed by atoms with Crippen LogP contribution < -0.4 is 5.32 Å². The van der Waals surface area contributed by atoms with Gasteiger partial charge in [0.1, 0.15) is 17.2 Å². The van der Waals surface area contributed by atoms with Crippen molar-refractivity contribution in [2.75, 3.05) is 18.5 Å². The number of ether oxygens (including phenoxy) is 1. The summed E-state index contributed by atoms with van der Waals surface area (Å²) in [5.74, 6) is 1.26. The molecule has 2 rings (SSSR count). The van der Waals surface area contributed by atoms with E-state index in [1.165, 1.54) is 6.33 Å². The normalized spacial score (nSPS) is 24.6. The Morgan fingerprint density at radius 1 is 1.62 bits per heavy atom. The number of rotatable bonds is 4. The van der Waals surface area contributed by atoms with Crippen molar-refractivity contribution in [1.82, 2.24) is 9.97 Å². The second kappa shape index (κ2) is 5.46. The lowest BCUT2D eigenvalue weighted by atomic mass is 10.00. The van der Waals surface area contributed by atoms with Crippen LogP contribution in [-0.4, -0.2) is 29.2 Å². The second-order valence-electron chi connectivity index (χ2n) is 3.97. The molecule has 2 unspecified atom stereocenters. The predicted molar refractivity (Wildman–Crippen MR) is 63.7 cm³/mol. The van der Waals surface area contributed by atoms with Crippen LogP contribution in [0.1, 0.15) is 19.8 Å². The number of nitrogens with zero attached hydrogens (tertiary/aromatic N) is 2. The highest BCUT2D eigenvalue weighted by Gasteiger charge is 2.26. The standard InChI is InChI=1S/C11H16ClN3O/c1-2-10-8(3-4-16-10)5-14-11-9(12)6-13-7-15-11/h6-8,10H,2-5H2,1H3,(H,13,14,15). The molecule has 0 spiro atoms. The van der Waals surface area contributed by atoms with Gasteiger partial charge in [0, 0.05) is 19.1 Å². The molecule has 0 aromatic carbocycles. The molecule has 16 heavy (non-hydrogen) atoms. The lowest BCUT2D eigenvalue weighted by molar-refractivity contribution is 0.0900. The first-order valence-corrected chi connectivity index (χ1v) is 6.00. The quantitative estimate of drug-likeness (QED) is 0.879. The van der Waals surface area contributed by atoms with Gasteiger partial charge >= 0.3 is 0 Å². The Balaban J connectivity index is 1.90. The molecule has 1 aromatic heterocycles. The van der Waals surface area contributed by atoms with Crippen LogP contribution in [-0.2, 0) is 4.74 Å². The van der Waals surface area contributed by atoms with Crippen LogP contribution in [0.2, 0.25) is 5.02 Å². The van der Waals surface area contributed by atoms with Gasteiger partial charge in [-0.25, -0.2) is 9.97 Å². The summed E-state index contributed by atoms with van der Waals surface area (Å²) in [7, 11) is 0. The summed E-state index contributed by atoms with van der Waals surface area (Å²) in [6.07, 6.45) is 5.63. The highest BCUT2D eigenvalue weighted by molar-refractivity contribution is 6.32. The Morgan fingerprint density at radius 3 is 3.25 bits per heavy atom. The van der Waals surface area contributed by atoms with Crippen LogP contribution in [0.5, 0.6) is 0 Å². The van der Waals surface area contributed by atoms with Crippen molar-refractivity contribution in [1.29, 1.82) is 0 Å². The monoisotopic (exact) mass is 241 g/mol. The molecule has 2 heterocycles. The lowest BCUT2D eigenvalue weighted by Crippen LogP contribution is -2.23. The van der Waals surface area contributed by atoms with Crippen LogP contribution in [0.15, 0.2) is 12.5 Å². The van der Waals surface area contributed by atoms with Gasteiger partial charge in [-0.3, -0.25) is 0 Å². The highest BCUT2D eigenvalue weighted by atomic mass is 35.5. The Hall–Kier alpha value is -0.870. The SMILES string of the molecule is CCC1OCCC1CNc1ncncc1Cl. The zero-order valence-electron chi connectivity index (χ0n) is 9.32. The van der Waals surface area contributed by atoms with Gasteiger partial charge in [-0.2, -0.15) is 0 Å². The van der Waals surface area contributed by atoms with E-state index < -0.39 is 0 Å². The molecule has 1 aromatic rings. The van der Waals surface area contributed by atoms with E-state index in [-0.39, 0.29) is 0 Å². The summed E-state index contributed by atoms with van der Waals surface area (Å²) >= 11 is 5.96. The lowest BCUT2D eigenvalue weighted by Gasteiger charge is -2.17. The number of halogens is 1. The van der Waals surface area contributed by atoms with Crippen LogP contribution in [0, 0.1) is 5.92 Å². The van der Waals surface area contributed by atoms with Gasteiger partial charge in [0.15, 0.2) is 0 Å². The molecule has 0 amide bonds. The van der Waals surface area contributed by atoms with Crippen molar-refractivity contribution < 1.29 is 4.74 Å². The zero-order chi connectivity index (χ0) is 11.4.